The van der Waals surface area contributed by atoms with Crippen LogP contribution >= 0.6 is 0 Å². The van der Waals surface area contributed by atoms with Gasteiger partial charge in [-0.05, 0) is 51.2 Å². The molecule has 2 aliphatic rings. The van der Waals surface area contributed by atoms with Gasteiger partial charge in [-0.15, -0.1) is 0 Å². The molecule has 0 saturated carbocycles. The summed E-state index contributed by atoms with van der Waals surface area (Å²) < 4.78 is 5.31. The maximum atomic E-state index is 12.8. The Kier molecular flexibility index (Phi) is 6.05. The number of ether oxygens (including phenoxy) is 1. The highest BCUT2D eigenvalue weighted by atomic mass is 16.5. The fourth-order valence-corrected chi connectivity index (χ4v) is 4.34. The third kappa shape index (κ3) is 3.91. The van der Waals surface area contributed by atoms with Crippen molar-refractivity contribution in [2.75, 3.05) is 6.61 Å². The van der Waals surface area contributed by atoms with Crippen molar-refractivity contribution < 1.29 is 23.9 Å². The molecular weight excluding hydrogens is 372 g/mol. The number of hydrogen-bond donors (Lipinski definition) is 0. The molecule has 156 valence electrons. The van der Waals surface area contributed by atoms with Crippen LogP contribution in [0.5, 0.6) is 0 Å². The first-order valence-electron chi connectivity index (χ1n) is 10.2. The number of fused-ring (bicyclic) bond motifs is 1. The quantitative estimate of drug-likeness (QED) is 0.560. The minimum absolute atomic E-state index is 0.0992. The van der Waals surface area contributed by atoms with Crippen LogP contribution in [0.1, 0.15) is 67.7 Å². The van der Waals surface area contributed by atoms with Gasteiger partial charge in [0.25, 0.3) is 17.7 Å². The summed E-state index contributed by atoms with van der Waals surface area (Å²) in [5.41, 5.74) is 0.561. The van der Waals surface area contributed by atoms with Crippen molar-refractivity contribution in [3.05, 3.63) is 35.4 Å². The van der Waals surface area contributed by atoms with Crippen molar-refractivity contribution in [1.82, 2.24) is 9.80 Å². The summed E-state index contributed by atoms with van der Waals surface area (Å²) in [6.45, 7) is 7.08. The van der Waals surface area contributed by atoms with Crippen molar-refractivity contribution >= 4 is 23.7 Å². The van der Waals surface area contributed by atoms with Gasteiger partial charge in [-0.2, -0.15) is 0 Å². The minimum atomic E-state index is -1.08. The number of benzene rings is 1. The molecular formula is C22H28N2O5. The molecule has 7 heteroatoms. The lowest BCUT2D eigenvalue weighted by Crippen LogP contribution is -2.51. The Bertz CT molecular complexity index is 789. The Morgan fingerprint density at radius 3 is 2.03 bits per heavy atom. The van der Waals surface area contributed by atoms with Gasteiger partial charge in [0.1, 0.15) is 6.04 Å². The van der Waals surface area contributed by atoms with Gasteiger partial charge in [-0.25, -0.2) is 4.79 Å². The third-order valence-corrected chi connectivity index (χ3v) is 5.80. The Morgan fingerprint density at radius 1 is 1.03 bits per heavy atom. The topological polar surface area (TPSA) is 84.0 Å². The van der Waals surface area contributed by atoms with Crippen LogP contribution in [0, 0.1) is 5.92 Å². The molecule has 0 aliphatic carbocycles. The summed E-state index contributed by atoms with van der Waals surface area (Å²) in [6.07, 6.45) is 2.92. The zero-order valence-corrected chi connectivity index (χ0v) is 17.4. The Morgan fingerprint density at radius 2 is 1.55 bits per heavy atom. The molecule has 3 amide bonds. The molecule has 2 aliphatic heterocycles. The van der Waals surface area contributed by atoms with E-state index in [1.165, 1.54) is 0 Å². The number of imide groups is 1. The number of carbonyl (C=O) groups is 4. The maximum absolute atomic E-state index is 12.8. The number of rotatable bonds is 5. The predicted octanol–water partition coefficient (Wildman–Crippen LogP) is 2.64. The molecule has 1 saturated heterocycles. The molecule has 0 unspecified atom stereocenters. The van der Waals surface area contributed by atoms with E-state index in [-0.39, 0.29) is 41.6 Å². The van der Waals surface area contributed by atoms with Crippen LogP contribution in [0.4, 0.5) is 0 Å². The molecule has 0 bridgehead atoms. The average molecular weight is 400 g/mol. The van der Waals surface area contributed by atoms with Crippen LogP contribution in [-0.2, 0) is 14.3 Å². The highest BCUT2D eigenvalue weighted by Gasteiger charge is 2.45. The lowest BCUT2D eigenvalue weighted by atomic mass is 9.97. The summed E-state index contributed by atoms with van der Waals surface area (Å²) in [6, 6.07) is 5.61. The van der Waals surface area contributed by atoms with E-state index in [4.69, 9.17) is 4.74 Å². The third-order valence-electron chi connectivity index (χ3n) is 5.80. The Balaban J connectivity index is 1.72. The smallest absolute Gasteiger partial charge is 0.330 e. The van der Waals surface area contributed by atoms with E-state index >= 15 is 0 Å². The monoisotopic (exact) mass is 400 g/mol. The second kappa shape index (κ2) is 8.35. The first kappa shape index (κ1) is 21.0. The normalized spacial score (nSPS) is 22.7. The van der Waals surface area contributed by atoms with Crippen LogP contribution in [0.25, 0.3) is 0 Å². The molecule has 0 N–H and O–H groups in total. The molecule has 0 radical (unpaired) electrons. The van der Waals surface area contributed by atoms with E-state index in [1.807, 2.05) is 13.8 Å². The first-order chi connectivity index (χ1) is 13.7. The fraction of sp³-hybridized carbons (Fsp3) is 0.545. The minimum Gasteiger partial charge on any atom is -0.454 e. The number of carbonyl (C=O) groups excluding carboxylic acids is 4. The Hall–Kier alpha value is -2.70. The number of piperidine rings is 1. The number of hydrogen-bond acceptors (Lipinski definition) is 5. The highest BCUT2D eigenvalue weighted by molar-refractivity contribution is 6.22. The van der Waals surface area contributed by atoms with Crippen LogP contribution in [-0.4, -0.2) is 58.2 Å². The van der Waals surface area contributed by atoms with E-state index in [0.29, 0.717) is 0 Å². The van der Waals surface area contributed by atoms with Gasteiger partial charge in [0.05, 0.1) is 11.1 Å². The van der Waals surface area contributed by atoms with E-state index < -0.39 is 23.8 Å². The lowest BCUT2D eigenvalue weighted by Gasteiger charge is -2.39. The molecule has 1 aromatic carbocycles. The van der Waals surface area contributed by atoms with Crippen molar-refractivity contribution in [2.45, 2.75) is 65.1 Å². The van der Waals surface area contributed by atoms with E-state index in [1.54, 1.807) is 43.0 Å². The standard InChI is InChI=1S/C22H28N2O5/c1-13(2)19(24-20(26)16-10-5-6-11-17(16)21(24)27)22(28)29-12-18(25)23-14(3)8-7-9-15(23)4/h5-6,10-11,13-15,19H,7-9,12H2,1-4H3/t14-,15+,19-/m1/s1. The van der Waals surface area contributed by atoms with Gasteiger partial charge < -0.3 is 9.64 Å². The van der Waals surface area contributed by atoms with Crippen molar-refractivity contribution in [3.8, 4) is 0 Å². The maximum Gasteiger partial charge on any atom is 0.330 e. The zero-order valence-electron chi connectivity index (χ0n) is 17.4. The number of likely N-dealkylation sites (tertiary alicyclic amines) is 1. The largest absolute Gasteiger partial charge is 0.454 e. The molecule has 29 heavy (non-hydrogen) atoms. The molecule has 7 nitrogen and oxygen atoms in total. The highest BCUT2D eigenvalue weighted by Crippen LogP contribution is 2.28. The second-order valence-corrected chi connectivity index (χ2v) is 8.25. The lowest BCUT2D eigenvalue weighted by molar-refractivity contribution is -0.158. The summed E-state index contributed by atoms with van der Waals surface area (Å²) >= 11 is 0. The molecule has 1 aromatic rings. The van der Waals surface area contributed by atoms with Crippen LogP contribution in [0.2, 0.25) is 0 Å². The van der Waals surface area contributed by atoms with Gasteiger partial charge >= 0.3 is 5.97 Å². The summed E-state index contributed by atoms with van der Waals surface area (Å²) in [4.78, 5) is 53.7. The summed E-state index contributed by atoms with van der Waals surface area (Å²) in [5, 5.41) is 0. The van der Waals surface area contributed by atoms with Gasteiger partial charge in [0, 0.05) is 12.1 Å². The fourth-order valence-electron chi connectivity index (χ4n) is 4.34. The summed E-state index contributed by atoms with van der Waals surface area (Å²) in [5.74, 6) is -2.35. The molecule has 3 atom stereocenters. The molecule has 2 heterocycles. The van der Waals surface area contributed by atoms with Crippen LogP contribution in [0.15, 0.2) is 24.3 Å². The molecule has 0 aromatic heterocycles. The van der Waals surface area contributed by atoms with Crippen LogP contribution < -0.4 is 0 Å². The van der Waals surface area contributed by atoms with Crippen molar-refractivity contribution in [3.63, 3.8) is 0 Å². The summed E-state index contributed by atoms with van der Waals surface area (Å²) in [7, 11) is 0. The van der Waals surface area contributed by atoms with Gasteiger partial charge in [0.2, 0.25) is 0 Å². The molecule has 1 fully saturated rings. The van der Waals surface area contributed by atoms with Gasteiger partial charge in [-0.3, -0.25) is 19.3 Å². The first-order valence-corrected chi connectivity index (χ1v) is 10.2. The number of nitrogens with zero attached hydrogens (tertiary/aromatic N) is 2. The average Bonchev–Trinajstić information content (AvgIpc) is 2.92. The molecule has 0 spiro atoms. The van der Waals surface area contributed by atoms with E-state index in [0.717, 1.165) is 24.2 Å². The van der Waals surface area contributed by atoms with Crippen LogP contribution in [0.3, 0.4) is 0 Å². The SMILES string of the molecule is CC(C)[C@H](C(=O)OCC(=O)N1[C@H](C)CCC[C@@H]1C)N1C(=O)c2ccccc2C1=O. The molecule has 3 rings (SSSR count). The van der Waals surface area contributed by atoms with E-state index in [2.05, 4.69) is 0 Å². The predicted molar refractivity (Wildman–Crippen MR) is 106 cm³/mol. The van der Waals surface area contributed by atoms with Crippen molar-refractivity contribution in [2.24, 2.45) is 5.92 Å². The Labute approximate surface area is 171 Å². The number of amides is 3. The van der Waals surface area contributed by atoms with Gasteiger partial charge in [-0.1, -0.05) is 26.0 Å². The number of esters is 1. The zero-order chi connectivity index (χ0) is 21.3. The van der Waals surface area contributed by atoms with E-state index in [9.17, 15) is 19.2 Å². The van der Waals surface area contributed by atoms with Gasteiger partial charge in [0.15, 0.2) is 6.61 Å². The van der Waals surface area contributed by atoms with Crippen molar-refractivity contribution in [1.29, 1.82) is 0 Å². The second-order valence-electron chi connectivity index (χ2n) is 8.25.